The lowest BCUT2D eigenvalue weighted by Gasteiger charge is -2.62. The number of aromatic nitrogens is 3. The Bertz CT molecular complexity index is 1570. The van der Waals surface area contributed by atoms with Crippen molar-refractivity contribution < 1.29 is 26.7 Å². The number of alkyl halides is 3. The molecule has 12 heteroatoms. The lowest BCUT2D eigenvalue weighted by Crippen LogP contribution is -2.79. The van der Waals surface area contributed by atoms with Crippen LogP contribution in [0.1, 0.15) is 6.42 Å². The molecule has 36 heavy (non-hydrogen) atoms. The van der Waals surface area contributed by atoms with Gasteiger partial charge in [0.15, 0.2) is 5.82 Å². The molecule has 2 aliphatic rings. The Balaban J connectivity index is 1.37. The van der Waals surface area contributed by atoms with Crippen LogP contribution in [0, 0.1) is 11.6 Å². The van der Waals surface area contributed by atoms with Crippen LogP contribution in [-0.2, 0) is 4.79 Å². The molecule has 2 aromatic carbocycles. The van der Waals surface area contributed by atoms with E-state index in [1.54, 1.807) is 23.1 Å². The molecular formula is C24H15ClF5N5O. The van der Waals surface area contributed by atoms with E-state index in [0.717, 1.165) is 11.2 Å². The summed E-state index contributed by atoms with van der Waals surface area (Å²) in [5.41, 5.74) is -0.756. The fourth-order valence-corrected chi connectivity index (χ4v) is 5.35. The Morgan fingerprint density at radius 1 is 1.06 bits per heavy atom. The van der Waals surface area contributed by atoms with E-state index < -0.39 is 29.3 Å². The van der Waals surface area contributed by atoms with E-state index in [2.05, 4.69) is 15.0 Å². The van der Waals surface area contributed by atoms with Crippen LogP contribution in [0.15, 0.2) is 42.9 Å². The van der Waals surface area contributed by atoms with Crippen molar-refractivity contribution in [1.29, 1.82) is 0 Å². The van der Waals surface area contributed by atoms with Crippen LogP contribution in [0.4, 0.5) is 27.8 Å². The smallest absolute Gasteiger partial charge is 0.351 e. The van der Waals surface area contributed by atoms with Gasteiger partial charge in [0, 0.05) is 36.8 Å². The maximum atomic E-state index is 15.7. The Labute approximate surface area is 205 Å². The highest BCUT2D eigenvalue weighted by atomic mass is 35.5. The van der Waals surface area contributed by atoms with E-state index in [-0.39, 0.29) is 46.8 Å². The number of hydrogen-bond donors (Lipinski definition) is 0. The molecule has 1 spiro atoms. The SMILES string of the molecule is O=C(N1CCC12CN(c1ncnc3c(F)c(-c4cccc5ccc(F)c(Cl)c45)ncc13)C2)C(F)(F)F. The van der Waals surface area contributed by atoms with Crippen LogP contribution in [-0.4, -0.2) is 57.1 Å². The number of carbonyl (C=O) groups is 1. The predicted molar refractivity (Wildman–Crippen MR) is 123 cm³/mol. The number of anilines is 1. The number of halogens is 6. The summed E-state index contributed by atoms with van der Waals surface area (Å²) in [6, 6.07) is 7.73. The molecule has 4 aromatic rings. The summed E-state index contributed by atoms with van der Waals surface area (Å²) in [5, 5.41) is 1.02. The predicted octanol–water partition coefficient (Wildman–Crippen LogP) is 5.13. The zero-order chi connectivity index (χ0) is 25.4. The maximum absolute atomic E-state index is 15.7. The molecule has 0 saturated carbocycles. The van der Waals surface area contributed by atoms with Gasteiger partial charge in [0.1, 0.15) is 29.2 Å². The van der Waals surface area contributed by atoms with E-state index in [1.165, 1.54) is 18.3 Å². The molecule has 0 unspecified atom stereocenters. The van der Waals surface area contributed by atoms with Gasteiger partial charge in [0.25, 0.3) is 0 Å². The molecule has 4 heterocycles. The molecule has 0 N–H and O–H groups in total. The van der Waals surface area contributed by atoms with E-state index in [1.807, 2.05) is 0 Å². The van der Waals surface area contributed by atoms with Gasteiger partial charge in [-0.15, -0.1) is 0 Å². The van der Waals surface area contributed by atoms with E-state index in [0.29, 0.717) is 23.0 Å². The molecule has 0 aliphatic carbocycles. The summed E-state index contributed by atoms with van der Waals surface area (Å²) in [6.07, 6.45) is -1.97. The number of carbonyl (C=O) groups excluding carboxylic acids is 1. The summed E-state index contributed by atoms with van der Waals surface area (Å²) < 4.78 is 68.6. The van der Waals surface area contributed by atoms with Crippen molar-refractivity contribution in [2.45, 2.75) is 18.1 Å². The van der Waals surface area contributed by atoms with Crippen LogP contribution < -0.4 is 4.90 Å². The minimum atomic E-state index is -4.94. The third kappa shape index (κ3) is 3.22. The van der Waals surface area contributed by atoms with Gasteiger partial charge in [0.05, 0.1) is 15.9 Å². The van der Waals surface area contributed by atoms with Gasteiger partial charge in [-0.1, -0.05) is 35.9 Å². The summed E-state index contributed by atoms with van der Waals surface area (Å²) in [5.74, 6) is -2.97. The summed E-state index contributed by atoms with van der Waals surface area (Å²) in [7, 11) is 0. The highest BCUT2D eigenvalue weighted by Crippen LogP contribution is 2.44. The minimum absolute atomic E-state index is 0.0322. The van der Waals surface area contributed by atoms with Gasteiger partial charge in [-0.05, 0) is 17.9 Å². The molecular weight excluding hydrogens is 505 g/mol. The lowest BCUT2D eigenvalue weighted by atomic mass is 9.77. The van der Waals surface area contributed by atoms with E-state index in [9.17, 15) is 22.4 Å². The number of rotatable bonds is 2. The van der Waals surface area contributed by atoms with Crippen molar-refractivity contribution in [3.63, 3.8) is 0 Å². The second-order valence-corrected chi connectivity index (χ2v) is 9.31. The topological polar surface area (TPSA) is 62.2 Å². The second-order valence-electron chi connectivity index (χ2n) is 8.93. The average molecular weight is 520 g/mol. The van der Waals surface area contributed by atoms with Crippen molar-refractivity contribution in [2.24, 2.45) is 0 Å². The van der Waals surface area contributed by atoms with Crippen LogP contribution in [0.25, 0.3) is 32.9 Å². The summed E-state index contributed by atoms with van der Waals surface area (Å²) in [4.78, 5) is 26.8. The molecule has 0 bridgehead atoms. The van der Waals surface area contributed by atoms with Gasteiger partial charge in [-0.2, -0.15) is 13.2 Å². The van der Waals surface area contributed by atoms with Crippen LogP contribution in [0.3, 0.4) is 0 Å². The molecule has 2 aromatic heterocycles. The first-order chi connectivity index (χ1) is 17.1. The summed E-state index contributed by atoms with van der Waals surface area (Å²) in [6.45, 7) is 0.287. The summed E-state index contributed by atoms with van der Waals surface area (Å²) >= 11 is 6.20. The van der Waals surface area contributed by atoms with E-state index in [4.69, 9.17) is 11.6 Å². The van der Waals surface area contributed by atoms with Crippen molar-refractivity contribution in [2.75, 3.05) is 24.5 Å². The average Bonchev–Trinajstić information content (AvgIpc) is 2.80. The molecule has 6 nitrogen and oxygen atoms in total. The first-order valence-electron chi connectivity index (χ1n) is 10.9. The number of hydrogen-bond acceptors (Lipinski definition) is 5. The largest absolute Gasteiger partial charge is 0.471 e. The molecule has 1 amide bonds. The van der Waals surface area contributed by atoms with Gasteiger partial charge < -0.3 is 9.80 Å². The fourth-order valence-electron chi connectivity index (χ4n) is 5.08. The molecule has 6 rings (SSSR count). The Kier molecular flexibility index (Phi) is 4.88. The van der Waals surface area contributed by atoms with Crippen molar-refractivity contribution in [3.05, 3.63) is 59.5 Å². The Hall–Kier alpha value is -3.60. The number of benzene rings is 2. The molecule has 2 fully saturated rings. The number of nitrogens with zero attached hydrogens (tertiary/aromatic N) is 5. The first-order valence-corrected chi connectivity index (χ1v) is 11.3. The van der Waals surface area contributed by atoms with Crippen LogP contribution in [0.2, 0.25) is 5.02 Å². The molecule has 2 saturated heterocycles. The third-order valence-electron chi connectivity index (χ3n) is 6.92. The van der Waals surface area contributed by atoms with Crippen molar-refractivity contribution in [3.8, 4) is 11.3 Å². The minimum Gasteiger partial charge on any atom is -0.351 e. The molecule has 2 aliphatic heterocycles. The van der Waals surface area contributed by atoms with Crippen LogP contribution >= 0.6 is 11.6 Å². The van der Waals surface area contributed by atoms with Crippen LogP contribution in [0.5, 0.6) is 0 Å². The monoisotopic (exact) mass is 519 g/mol. The van der Waals surface area contributed by atoms with Crippen molar-refractivity contribution in [1.82, 2.24) is 19.9 Å². The maximum Gasteiger partial charge on any atom is 0.471 e. The number of amides is 1. The third-order valence-corrected chi connectivity index (χ3v) is 7.29. The van der Waals surface area contributed by atoms with Gasteiger partial charge in [-0.3, -0.25) is 9.78 Å². The van der Waals surface area contributed by atoms with Gasteiger partial charge in [0.2, 0.25) is 0 Å². The standard InChI is InChI=1S/C24H15ClF5N5O/c25-17-15(26)5-4-12-2-1-3-13(16(12)17)19-18(27)20-14(8-31-19)21(33-11-32-20)34-9-23(10-34)6-7-35(23)22(36)24(28,29)30/h1-5,8,11H,6-7,9-10H2. The number of pyridine rings is 1. The van der Waals surface area contributed by atoms with Gasteiger partial charge in [-0.25, -0.2) is 18.7 Å². The molecule has 0 atom stereocenters. The number of fused-ring (bicyclic) bond motifs is 2. The quantitative estimate of drug-likeness (QED) is 0.344. The second kappa shape index (κ2) is 7.70. The molecule has 0 radical (unpaired) electrons. The zero-order valence-electron chi connectivity index (χ0n) is 18.3. The normalized spacial score (nSPS) is 16.9. The highest BCUT2D eigenvalue weighted by Gasteiger charge is 2.60. The Morgan fingerprint density at radius 3 is 2.53 bits per heavy atom. The lowest BCUT2D eigenvalue weighted by molar-refractivity contribution is -0.202. The first kappa shape index (κ1) is 22.8. The van der Waals surface area contributed by atoms with E-state index >= 15 is 4.39 Å². The van der Waals surface area contributed by atoms with Crippen molar-refractivity contribution >= 4 is 45.0 Å². The fraction of sp³-hybridized carbons (Fsp3) is 0.250. The molecule has 184 valence electrons. The zero-order valence-corrected chi connectivity index (χ0v) is 19.0. The number of likely N-dealkylation sites (tertiary alicyclic amines) is 1. The van der Waals surface area contributed by atoms with Gasteiger partial charge >= 0.3 is 12.1 Å². The highest BCUT2D eigenvalue weighted by molar-refractivity contribution is 6.36. The Morgan fingerprint density at radius 2 is 1.83 bits per heavy atom.